The maximum atomic E-state index is 15.3. The molecule has 6 N–H and O–H groups in total. The second-order valence-electron chi connectivity index (χ2n) is 9.95. The number of nitrogens with two attached hydrogens (primary N) is 1. The summed E-state index contributed by atoms with van der Waals surface area (Å²) in [6.07, 6.45) is 5.28. The third-order valence-electron chi connectivity index (χ3n) is 8.25. The van der Waals surface area contributed by atoms with E-state index < -0.39 is 14.6 Å². The highest BCUT2D eigenvalue weighted by atomic mass is 31.2. The number of fused-ring (bicyclic) bond motifs is 10. The number of nitrogen functional groups attached to an aromatic ring is 1. The molecule has 2 unspecified atom stereocenters. The Bertz CT molecular complexity index is 1550. The molecule has 3 aliphatic rings. The molecule has 0 amide bonds. The van der Waals surface area contributed by atoms with Crippen LogP contribution in [0, 0.1) is 23.6 Å². The number of anilines is 2. The first kappa shape index (κ1) is 21.3. The molecule has 0 radical (unpaired) electrons. The van der Waals surface area contributed by atoms with Crippen LogP contribution in [-0.2, 0) is 15.8 Å². The van der Waals surface area contributed by atoms with Gasteiger partial charge in [0.25, 0.3) is 0 Å². The molecule has 182 valence electrons. The van der Waals surface area contributed by atoms with Crippen LogP contribution in [0.1, 0.15) is 42.3 Å². The molecule has 2 aromatic carbocycles. The number of H-pyrrole nitrogens is 1. The number of hydrogen-bond donors (Lipinski definition) is 5. The van der Waals surface area contributed by atoms with Crippen LogP contribution in [0.5, 0.6) is 0 Å². The number of rotatable bonds is 4. The Balaban J connectivity index is 1.34. The predicted molar refractivity (Wildman–Crippen MR) is 127 cm³/mol. The molecule has 5 atom stereocenters. The first-order valence-electron chi connectivity index (χ1n) is 11.7. The van der Waals surface area contributed by atoms with E-state index in [0.717, 1.165) is 34.9 Å². The van der Waals surface area contributed by atoms with Crippen LogP contribution in [0.15, 0.2) is 30.5 Å². The van der Waals surface area contributed by atoms with Crippen molar-refractivity contribution in [2.45, 2.75) is 38.0 Å². The van der Waals surface area contributed by atoms with Crippen molar-refractivity contribution in [2.24, 2.45) is 17.8 Å². The van der Waals surface area contributed by atoms with E-state index in [4.69, 9.17) is 15.5 Å². The second-order valence-corrected chi connectivity index (χ2v) is 11.2. The van der Waals surface area contributed by atoms with Gasteiger partial charge in [0.2, 0.25) is 0 Å². The Morgan fingerprint density at radius 2 is 2.06 bits per heavy atom. The molecule has 12 heteroatoms. The van der Waals surface area contributed by atoms with Crippen LogP contribution in [-0.4, -0.2) is 29.8 Å². The summed E-state index contributed by atoms with van der Waals surface area (Å²) in [5, 5.41) is 16.5. The number of aromatic nitrogens is 4. The molecule has 2 fully saturated rings. The zero-order valence-corrected chi connectivity index (χ0v) is 19.5. The summed E-state index contributed by atoms with van der Waals surface area (Å²) in [6, 6.07) is 7.14. The van der Waals surface area contributed by atoms with E-state index in [9.17, 15) is 4.57 Å². The Morgan fingerprint density at radius 3 is 2.89 bits per heavy atom. The third-order valence-corrected chi connectivity index (χ3v) is 8.70. The molecule has 2 bridgehead atoms. The van der Waals surface area contributed by atoms with E-state index in [-0.39, 0.29) is 23.6 Å². The lowest BCUT2D eigenvalue weighted by atomic mass is 9.67. The van der Waals surface area contributed by atoms with E-state index in [1.165, 1.54) is 17.2 Å². The lowest BCUT2D eigenvalue weighted by Gasteiger charge is -2.44. The first-order valence-corrected chi connectivity index (χ1v) is 13.2. The van der Waals surface area contributed by atoms with Crippen LogP contribution < -0.4 is 11.1 Å². The summed E-state index contributed by atoms with van der Waals surface area (Å²) in [7, 11) is -4.65. The molecule has 35 heavy (non-hydrogen) atoms. The van der Waals surface area contributed by atoms with Gasteiger partial charge in [0.05, 0.1) is 29.0 Å². The molecule has 7 rings (SSSR count). The first-order chi connectivity index (χ1) is 16.8. The molecule has 2 saturated carbocycles. The standard InChI is InChI=1S/C23H24FN6O4P/c24-15-7-16-14(8-26-28-16)20-18-10-1-2-11(5-10)19(18)21(27-22(15)20)12-3-4-17-13(6-12)23(25)29-30(17)9-34-35(31,32)33/h3-4,6-8,10-11,18-19,21,27H,1-2,5,9H2,(H2,25,29)(H,26,28)(H2,31,32,33)/t10?,11?,18-,19+,21-/m0/s1. The van der Waals surface area contributed by atoms with Crippen molar-refractivity contribution in [3.8, 4) is 0 Å². The number of hydrogen-bond acceptors (Lipinski definition) is 6. The maximum Gasteiger partial charge on any atom is 0.471 e. The van der Waals surface area contributed by atoms with Gasteiger partial charge in [-0.1, -0.05) is 6.07 Å². The fraction of sp³-hybridized carbons (Fsp3) is 0.391. The summed E-state index contributed by atoms with van der Waals surface area (Å²) in [5.74, 6) is 1.59. The van der Waals surface area contributed by atoms with E-state index >= 15 is 4.39 Å². The zero-order valence-electron chi connectivity index (χ0n) is 18.6. The molecule has 4 aromatic rings. The largest absolute Gasteiger partial charge is 0.471 e. The van der Waals surface area contributed by atoms with E-state index in [0.29, 0.717) is 34.3 Å². The summed E-state index contributed by atoms with van der Waals surface area (Å²) in [4.78, 5) is 18.1. The molecule has 2 aromatic heterocycles. The maximum absolute atomic E-state index is 15.3. The number of benzene rings is 2. The highest BCUT2D eigenvalue weighted by Crippen LogP contribution is 2.65. The Hall–Kier alpha value is -2.98. The summed E-state index contributed by atoms with van der Waals surface area (Å²) in [5.41, 5.74) is 10.1. The summed E-state index contributed by atoms with van der Waals surface area (Å²) in [6.45, 7) is -0.424. The van der Waals surface area contributed by atoms with E-state index in [1.54, 1.807) is 6.20 Å². The van der Waals surface area contributed by atoms with Gasteiger partial charge in [0, 0.05) is 16.8 Å². The molecule has 0 saturated heterocycles. The van der Waals surface area contributed by atoms with Gasteiger partial charge in [-0.25, -0.2) is 13.6 Å². The SMILES string of the molecule is Nc1nn(COP(=O)(O)O)c2ccc([C@@H]3Nc4c(F)cc5[nH]ncc5c4[C@H]4C5CCC(C5)[C@@H]34)cc12. The Labute approximate surface area is 198 Å². The highest BCUT2D eigenvalue weighted by molar-refractivity contribution is 7.46. The lowest BCUT2D eigenvalue weighted by Crippen LogP contribution is -2.36. The van der Waals surface area contributed by atoms with Crippen molar-refractivity contribution in [1.82, 2.24) is 20.0 Å². The number of phosphoric acid groups is 1. The second kappa shape index (κ2) is 7.27. The number of aromatic amines is 1. The average molecular weight is 498 g/mol. The van der Waals surface area contributed by atoms with Crippen molar-refractivity contribution >= 4 is 41.1 Å². The van der Waals surface area contributed by atoms with Gasteiger partial charge in [0.1, 0.15) is 5.82 Å². The van der Waals surface area contributed by atoms with Crippen molar-refractivity contribution in [3.63, 3.8) is 0 Å². The minimum Gasteiger partial charge on any atom is -0.382 e. The molecule has 10 nitrogen and oxygen atoms in total. The van der Waals surface area contributed by atoms with Gasteiger partial charge in [-0.05, 0) is 66.2 Å². The number of nitrogens with zero attached hydrogens (tertiary/aromatic N) is 3. The van der Waals surface area contributed by atoms with Crippen LogP contribution in [0.3, 0.4) is 0 Å². The third kappa shape index (κ3) is 3.15. The number of nitrogens with one attached hydrogen (secondary N) is 2. The molecule has 1 aliphatic heterocycles. The number of phosphoric ester groups is 1. The normalized spacial score (nSPS) is 27.3. The number of halogens is 1. The quantitative estimate of drug-likeness (QED) is 0.265. The molecule has 3 heterocycles. The molecular weight excluding hydrogens is 474 g/mol. The van der Waals surface area contributed by atoms with Gasteiger partial charge in [-0.3, -0.25) is 9.62 Å². The van der Waals surface area contributed by atoms with Crippen molar-refractivity contribution in [2.75, 3.05) is 11.1 Å². The fourth-order valence-electron chi connectivity index (χ4n) is 7.02. The van der Waals surface area contributed by atoms with Crippen molar-refractivity contribution in [3.05, 3.63) is 47.4 Å². The Kier molecular flexibility index (Phi) is 4.43. The minimum absolute atomic E-state index is 0.0971. The van der Waals surface area contributed by atoms with Gasteiger partial charge in [0.15, 0.2) is 12.5 Å². The summed E-state index contributed by atoms with van der Waals surface area (Å²) >= 11 is 0. The Morgan fingerprint density at radius 1 is 1.23 bits per heavy atom. The monoisotopic (exact) mass is 498 g/mol. The molecule has 2 aliphatic carbocycles. The summed E-state index contributed by atoms with van der Waals surface area (Å²) < 4.78 is 32.4. The van der Waals surface area contributed by atoms with Gasteiger partial charge < -0.3 is 20.8 Å². The molecule has 0 spiro atoms. The minimum atomic E-state index is -4.65. The van der Waals surface area contributed by atoms with Gasteiger partial charge in [-0.2, -0.15) is 10.2 Å². The lowest BCUT2D eigenvalue weighted by molar-refractivity contribution is 0.148. The smallest absolute Gasteiger partial charge is 0.382 e. The van der Waals surface area contributed by atoms with E-state index in [2.05, 4.69) is 25.1 Å². The zero-order chi connectivity index (χ0) is 24.1. The topological polar surface area (TPSA) is 151 Å². The van der Waals surface area contributed by atoms with Crippen LogP contribution in [0.4, 0.5) is 15.9 Å². The molecular formula is C23H24FN6O4P. The van der Waals surface area contributed by atoms with Gasteiger partial charge >= 0.3 is 7.82 Å². The average Bonchev–Trinajstić information content (AvgIpc) is 3.60. The van der Waals surface area contributed by atoms with Crippen LogP contribution in [0.2, 0.25) is 0 Å². The van der Waals surface area contributed by atoms with Crippen molar-refractivity contribution < 1.29 is 23.3 Å². The fourth-order valence-corrected chi connectivity index (χ4v) is 7.28. The predicted octanol–water partition coefficient (Wildman–Crippen LogP) is 4.00. The van der Waals surface area contributed by atoms with Crippen molar-refractivity contribution in [1.29, 1.82) is 0 Å². The van der Waals surface area contributed by atoms with E-state index in [1.807, 2.05) is 18.2 Å². The van der Waals surface area contributed by atoms with Crippen LogP contribution >= 0.6 is 7.82 Å². The van der Waals surface area contributed by atoms with Crippen LogP contribution in [0.25, 0.3) is 21.8 Å². The van der Waals surface area contributed by atoms with Gasteiger partial charge in [-0.15, -0.1) is 0 Å². The highest BCUT2D eigenvalue weighted by Gasteiger charge is 2.54.